The Morgan fingerprint density at radius 3 is 1.52 bits per heavy atom. The van der Waals surface area contributed by atoms with Gasteiger partial charge >= 0.3 is 6.09 Å². The quantitative estimate of drug-likeness (QED) is 0.0988. The Morgan fingerprint density at radius 1 is 0.621 bits per heavy atom. The number of imidazole rings is 2. The highest BCUT2D eigenvalue weighted by molar-refractivity contribution is 5.91. The lowest BCUT2D eigenvalue weighted by molar-refractivity contribution is -0.138. The van der Waals surface area contributed by atoms with Gasteiger partial charge in [-0.25, -0.2) is 14.8 Å². The summed E-state index contributed by atoms with van der Waals surface area (Å²) in [6, 6.07) is 32.2. The van der Waals surface area contributed by atoms with E-state index >= 15 is 0 Å². The molecule has 0 aliphatic carbocycles. The monoisotopic (exact) mass is 883 g/mol. The molecule has 6 aromatic rings. The number of carbonyl (C=O) groups excluding carboxylic acids is 4. The lowest BCUT2D eigenvalue weighted by Gasteiger charge is -2.30. The van der Waals surface area contributed by atoms with Gasteiger partial charge in [-0.2, -0.15) is 0 Å². The van der Waals surface area contributed by atoms with Crippen LogP contribution in [0.2, 0.25) is 0 Å². The summed E-state index contributed by atoms with van der Waals surface area (Å²) >= 11 is 0. The summed E-state index contributed by atoms with van der Waals surface area (Å²) in [4.78, 5) is 75.9. The Bertz CT molecular complexity index is 2730. The molecule has 0 bridgehead atoms. The van der Waals surface area contributed by atoms with Crippen LogP contribution in [0, 0.1) is 11.8 Å². The summed E-state index contributed by atoms with van der Waals surface area (Å²) in [5, 5.41) is 5.82. The van der Waals surface area contributed by atoms with Crippen molar-refractivity contribution in [3.8, 4) is 34.4 Å². The molecule has 1 unspecified atom stereocenters. The van der Waals surface area contributed by atoms with Crippen LogP contribution in [-0.2, 0) is 19.1 Å². The van der Waals surface area contributed by atoms with Gasteiger partial charge in [0.1, 0.15) is 23.7 Å². The third-order valence-electron chi connectivity index (χ3n) is 13.0. The first-order valence-corrected chi connectivity index (χ1v) is 22.6. The van der Waals surface area contributed by atoms with E-state index in [9.17, 15) is 19.2 Å². The Kier molecular flexibility index (Phi) is 13.1. The number of rotatable bonds is 11. The van der Waals surface area contributed by atoms with Crippen molar-refractivity contribution in [3.05, 3.63) is 155 Å². The number of aromatic amines is 2. The first-order chi connectivity index (χ1) is 32.2. The lowest BCUT2D eigenvalue weighted by atomic mass is 10.0. The van der Waals surface area contributed by atoms with Gasteiger partial charge in [-0.3, -0.25) is 19.3 Å². The SMILES string of the molecule is COC(=O)N[C@@H](C(=O)N1CCC[C@H]1c1ncc(-c2ccc(C#Cc3ccc(-c4cnc([C@@H]5CCCN5C(=O)[C@H](NC(=O)C5CCCN5C)c5ccccc5)[nH]4)cc3)cc2)[nH]1)c1ccccc1. The van der Waals surface area contributed by atoms with Crippen LogP contribution < -0.4 is 10.6 Å². The number of ether oxygens (including phenoxy) is 1. The molecule has 9 rings (SSSR count). The maximum absolute atomic E-state index is 14.3. The van der Waals surface area contributed by atoms with E-state index in [0.29, 0.717) is 24.5 Å². The number of hydrogen-bond donors (Lipinski definition) is 4. The van der Waals surface area contributed by atoms with Crippen molar-refractivity contribution in [2.45, 2.75) is 68.7 Å². The van der Waals surface area contributed by atoms with Gasteiger partial charge in [0.05, 0.1) is 49.0 Å². The summed E-state index contributed by atoms with van der Waals surface area (Å²) < 4.78 is 4.83. The van der Waals surface area contributed by atoms with E-state index in [-0.39, 0.29) is 35.8 Å². The molecule has 5 atom stereocenters. The lowest BCUT2D eigenvalue weighted by Crippen LogP contribution is -2.48. The van der Waals surface area contributed by atoms with Crippen molar-refractivity contribution in [1.82, 2.24) is 45.3 Å². The average molecular weight is 884 g/mol. The second kappa shape index (κ2) is 19.7. The predicted octanol–water partition coefficient (Wildman–Crippen LogP) is 7.24. The van der Waals surface area contributed by atoms with Gasteiger partial charge in [0.2, 0.25) is 11.8 Å². The molecule has 0 saturated carbocycles. The van der Waals surface area contributed by atoms with E-state index in [2.05, 4.69) is 42.3 Å². The van der Waals surface area contributed by atoms with Gasteiger partial charge in [0.15, 0.2) is 0 Å². The van der Waals surface area contributed by atoms with Crippen molar-refractivity contribution >= 4 is 23.8 Å². The van der Waals surface area contributed by atoms with E-state index < -0.39 is 18.2 Å². The number of likely N-dealkylation sites (N-methyl/N-ethyl adjacent to an activating group) is 1. The Labute approximate surface area is 384 Å². The maximum atomic E-state index is 14.3. The van der Waals surface area contributed by atoms with E-state index in [0.717, 1.165) is 90.1 Å². The summed E-state index contributed by atoms with van der Waals surface area (Å²) in [6.07, 6.45) is 7.83. The second-order valence-corrected chi connectivity index (χ2v) is 17.1. The zero-order valence-electron chi connectivity index (χ0n) is 37.1. The van der Waals surface area contributed by atoms with Crippen molar-refractivity contribution in [3.63, 3.8) is 0 Å². The van der Waals surface area contributed by atoms with E-state index in [1.54, 1.807) is 11.1 Å². The summed E-state index contributed by atoms with van der Waals surface area (Å²) in [6.45, 7) is 2.00. The number of carbonyl (C=O) groups is 4. The van der Waals surface area contributed by atoms with Crippen LogP contribution >= 0.6 is 0 Å². The Morgan fingerprint density at radius 2 is 1.08 bits per heavy atom. The van der Waals surface area contributed by atoms with E-state index in [1.165, 1.54) is 7.11 Å². The Hall–Kier alpha value is -7.50. The number of nitrogens with one attached hydrogen (secondary N) is 4. The molecule has 2 aromatic heterocycles. The van der Waals surface area contributed by atoms with Gasteiger partial charge in [-0.15, -0.1) is 0 Å². The molecule has 3 aliphatic heterocycles. The molecule has 3 saturated heterocycles. The van der Waals surface area contributed by atoms with Gasteiger partial charge < -0.3 is 35.1 Å². The number of alkyl carbamates (subject to hydrolysis) is 1. The zero-order chi connectivity index (χ0) is 45.6. The average Bonchev–Trinajstić information content (AvgIpc) is 4.23. The molecule has 336 valence electrons. The van der Waals surface area contributed by atoms with Crippen LogP contribution in [-0.4, -0.2) is 98.3 Å². The fourth-order valence-corrected chi connectivity index (χ4v) is 9.40. The number of aromatic nitrogens is 4. The van der Waals surface area contributed by atoms with Crippen LogP contribution in [0.1, 0.15) is 96.6 Å². The predicted molar refractivity (Wildman–Crippen MR) is 249 cm³/mol. The van der Waals surface area contributed by atoms with Crippen LogP contribution in [0.25, 0.3) is 22.5 Å². The molecular formula is C52H53N9O5. The summed E-state index contributed by atoms with van der Waals surface area (Å²) in [7, 11) is 3.24. The molecule has 4 N–H and O–H groups in total. The highest BCUT2D eigenvalue weighted by Crippen LogP contribution is 2.36. The van der Waals surface area contributed by atoms with Gasteiger partial charge in [-0.1, -0.05) is 96.8 Å². The molecule has 4 amide bonds. The molecule has 14 nitrogen and oxygen atoms in total. The molecule has 0 spiro atoms. The molecule has 3 aliphatic rings. The van der Waals surface area contributed by atoms with Crippen LogP contribution in [0.3, 0.4) is 0 Å². The highest BCUT2D eigenvalue weighted by Gasteiger charge is 2.39. The van der Waals surface area contributed by atoms with Crippen LogP contribution in [0.15, 0.2) is 122 Å². The highest BCUT2D eigenvalue weighted by atomic mass is 16.5. The van der Waals surface area contributed by atoms with Crippen molar-refractivity contribution in [1.29, 1.82) is 0 Å². The second-order valence-electron chi connectivity index (χ2n) is 17.1. The van der Waals surface area contributed by atoms with E-state index in [4.69, 9.17) is 9.72 Å². The first kappa shape index (κ1) is 43.7. The standard InChI is InChI=1S/C52H53N9O5/c1-59-29-9-18-44(59)49(62)57-45(38-12-5-3-6-13-38)50(63)60-30-10-16-42(60)47-53-32-40(55-47)36-25-21-34(22-26-36)19-20-35-23-27-37(28-24-35)41-33-54-48(56-41)43-17-11-31-61(43)51(64)46(58-52(65)66-2)39-14-7-4-8-15-39/h3-8,12-15,21-28,32-33,42-46H,9-11,16-18,29-31H2,1-2H3,(H,53,55)(H,54,56)(H,57,62)(H,58,65)/t42-,43-,44?,45+,46+/m0/s1. The third-order valence-corrected chi connectivity index (χ3v) is 13.0. The first-order valence-electron chi connectivity index (χ1n) is 22.6. The number of likely N-dealkylation sites (tertiary alicyclic amines) is 3. The smallest absolute Gasteiger partial charge is 0.407 e. The number of benzene rings is 4. The molecule has 0 radical (unpaired) electrons. The largest absolute Gasteiger partial charge is 0.453 e. The molecular weight excluding hydrogens is 831 g/mol. The molecule has 5 heterocycles. The zero-order valence-corrected chi connectivity index (χ0v) is 37.1. The molecule has 4 aromatic carbocycles. The van der Waals surface area contributed by atoms with Crippen LogP contribution in [0.5, 0.6) is 0 Å². The van der Waals surface area contributed by atoms with Gasteiger partial charge in [0.25, 0.3) is 5.91 Å². The number of H-pyrrole nitrogens is 2. The Balaban J connectivity index is 0.831. The summed E-state index contributed by atoms with van der Waals surface area (Å²) in [5.41, 5.74) is 6.72. The van der Waals surface area contributed by atoms with Gasteiger partial charge in [0, 0.05) is 24.2 Å². The van der Waals surface area contributed by atoms with Gasteiger partial charge in [-0.05, 0) is 98.6 Å². The molecule has 66 heavy (non-hydrogen) atoms. The van der Waals surface area contributed by atoms with Crippen LogP contribution in [0.4, 0.5) is 4.79 Å². The van der Waals surface area contributed by atoms with E-state index in [1.807, 2.05) is 127 Å². The molecule has 14 heteroatoms. The third kappa shape index (κ3) is 9.48. The minimum atomic E-state index is -0.885. The minimum Gasteiger partial charge on any atom is -0.453 e. The van der Waals surface area contributed by atoms with Crippen molar-refractivity contribution in [2.24, 2.45) is 0 Å². The number of hydrogen-bond acceptors (Lipinski definition) is 8. The van der Waals surface area contributed by atoms with Crippen molar-refractivity contribution in [2.75, 3.05) is 33.8 Å². The minimum absolute atomic E-state index is 0.116. The summed E-state index contributed by atoms with van der Waals surface area (Å²) in [5.74, 6) is 7.50. The number of amides is 4. The fourth-order valence-electron chi connectivity index (χ4n) is 9.40. The topological polar surface area (TPSA) is 169 Å². The normalized spacial score (nSPS) is 19.2. The molecule has 3 fully saturated rings. The fraction of sp³-hybridized carbons (Fsp3) is 0.308. The number of methoxy groups -OCH3 is 1. The number of nitrogens with zero attached hydrogens (tertiary/aromatic N) is 5. The van der Waals surface area contributed by atoms with Crippen molar-refractivity contribution < 1.29 is 23.9 Å². The maximum Gasteiger partial charge on any atom is 0.407 e.